The molecule has 3 rings (SSSR count). The molecule has 1 atom stereocenters. The van der Waals surface area contributed by atoms with Crippen LogP contribution in [-0.4, -0.2) is 24.9 Å². The Hall–Kier alpha value is -2.28. The molecule has 0 bridgehead atoms. The van der Waals surface area contributed by atoms with Crippen molar-refractivity contribution in [3.8, 4) is 12.3 Å². The van der Waals surface area contributed by atoms with Gasteiger partial charge in [-0.3, -0.25) is 9.59 Å². The zero-order valence-corrected chi connectivity index (χ0v) is 12.1. The third-order valence-corrected chi connectivity index (χ3v) is 4.22. The molecule has 4 nitrogen and oxygen atoms in total. The summed E-state index contributed by atoms with van der Waals surface area (Å²) in [5, 5.41) is 0. The Bertz CT molecular complexity index is 645. The van der Waals surface area contributed by atoms with Gasteiger partial charge in [-0.2, -0.15) is 0 Å². The van der Waals surface area contributed by atoms with Crippen molar-refractivity contribution < 1.29 is 9.59 Å². The summed E-state index contributed by atoms with van der Waals surface area (Å²) in [6.07, 6.45) is 7.37. The lowest BCUT2D eigenvalue weighted by Gasteiger charge is -2.22. The normalized spacial score (nSPS) is 22.0. The first kappa shape index (κ1) is 13.7. The molecule has 2 amide bonds. The first-order valence-electron chi connectivity index (χ1n) is 7.27. The highest BCUT2D eigenvalue weighted by atomic mass is 16.2. The highest BCUT2D eigenvalue weighted by Crippen LogP contribution is 2.31. The van der Waals surface area contributed by atoms with E-state index >= 15 is 0 Å². The van der Waals surface area contributed by atoms with Crippen LogP contribution >= 0.6 is 0 Å². The van der Waals surface area contributed by atoms with E-state index in [2.05, 4.69) is 5.92 Å². The van der Waals surface area contributed by atoms with Gasteiger partial charge in [0.1, 0.15) is 0 Å². The molecule has 0 spiro atoms. The maximum absolute atomic E-state index is 12.0. The number of amides is 2. The fraction of sp³-hybridized carbons (Fsp3) is 0.412. The van der Waals surface area contributed by atoms with Gasteiger partial charge >= 0.3 is 0 Å². The van der Waals surface area contributed by atoms with Crippen LogP contribution in [0.25, 0.3) is 0 Å². The zero-order chi connectivity index (χ0) is 15.0. The average Bonchev–Trinajstić information content (AvgIpc) is 3.05. The van der Waals surface area contributed by atoms with Gasteiger partial charge in [0.25, 0.3) is 0 Å². The Labute approximate surface area is 124 Å². The van der Waals surface area contributed by atoms with Gasteiger partial charge in [0.05, 0.1) is 0 Å². The fourth-order valence-electron chi connectivity index (χ4n) is 3.08. The number of carbonyl (C=O) groups is 2. The molecule has 0 saturated carbocycles. The van der Waals surface area contributed by atoms with E-state index in [-0.39, 0.29) is 17.7 Å². The van der Waals surface area contributed by atoms with E-state index in [1.165, 1.54) is 0 Å². The topological polar surface area (TPSA) is 40.6 Å². The number of hydrogen-bond donors (Lipinski definition) is 0. The number of terminal acetylenes is 1. The lowest BCUT2D eigenvalue weighted by Crippen LogP contribution is -2.26. The molecule has 1 aromatic carbocycles. The molecule has 2 aliphatic heterocycles. The molecular formula is C17H18N2O2. The Kier molecular flexibility index (Phi) is 3.42. The van der Waals surface area contributed by atoms with Crippen molar-refractivity contribution in [3.05, 3.63) is 23.8 Å². The second-order valence-electron chi connectivity index (χ2n) is 5.69. The van der Waals surface area contributed by atoms with Gasteiger partial charge in [-0.1, -0.05) is 0 Å². The van der Waals surface area contributed by atoms with Gasteiger partial charge in [-0.05, 0) is 37.1 Å². The molecule has 1 unspecified atom stereocenters. The van der Waals surface area contributed by atoms with Crippen molar-refractivity contribution in [3.63, 3.8) is 0 Å². The Morgan fingerprint density at radius 3 is 2.62 bits per heavy atom. The van der Waals surface area contributed by atoms with Crippen LogP contribution in [0.4, 0.5) is 11.4 Å². The van der Waals surface area contributed by atoms with Crippen molar-refractivity contribution in [1.82, 2.24) is 0 Å². The fourth-order valence-corrected chi connectivity index (χ4v) is 3.08. The van der Waals surface area contributed by atoms with Crippen molar-refractivity contribution >= 4 is 23.2 Å². The van der Waals surface area contributed by atoms with E-state index in [9.17, 15) is 9.59 Å². The monoisotopic (exact) mass is 282 g/mol. The molecule has 4 heteroatoms. The number of nitrogens with zero attached hydrogens (tertiary/aromatic N) is 2. The van der Waals surface area contributed by atoms with Crippen molar-refractivity contribution in [1.29, 1.82) is 0 Å². The first-order valence-corrected chi connectivity index (χ1v) is 7.27. The molecule has 0 radical (unpaired) electrons. The van der Waals surface area contributed by atoms with E-state index in [0.29, 0.717) is 19.4 Å². The van der Waals surface area contributed by atoms with E-state index in [1.807, 2.05) is 30.0 Å². The number of rotatable bonds is 2. The van der Waals surface area contributed by atoms with E-state index < -0.39 is 0 Å². The molecule has 2 fully saturated rings. The highest BCUT2D eigenvalue weighted by molar-refractivity contribution is 5.98. The number of benzene rings is 1. The minimum atomic E-state index is -0.00218. The molecule has 2 heterocycles. The van der Waals surface area contributed by atoms with Gasteiger partial charge in [-0.15, -0.1) is 12.3 Å². The van der Waals surface area contributed by atoms with Crippen molar-refractivity contribution in [2.24, 2.45) is 5.92 Å². The average molecular weight is 282 g/mol. The summed E-state index contributed by atoms with van der Waals surface area (Å²) in [5.74, 6) is 2.90. The van der Waals surface area contributed by atoms with Crippen LogP contribution in [0, 0.1) is 25.2 Å². The second-order valence-corrected chi connectivity index (χ2v) is 5.69. The van der Waals surface area contributed by atoms with Crippen LogP contribution in [0.15, 0.2) is 18.2 Å². The van der Waals surface area contributed by atoms with E-state index in [4.69, 9.17) is 6.42 Å². The Balaban J connectivity index is 1.87. The maximum atomic E-state index is 12.0. The lowest BCUT2D eigenvalue weighted by atomic mass is 10.1. The number of carbonyl (C=O) groups excluding carboxylic acids is 2. The number of anilines is 2. The van der Waals surface area contributed by atoms with Gasteiger partial charge < -0.3 is 9.80 Å². The molecule has 108 valence electrons. The molecule has 0 aliphatic carbocycles. The second kappa shape index (κ2) is 5.25. The Morgan fingerprint density at radius 1 is 1.24 bits per heavy atom. The Morgan fingerprint density at radius 2 is 2.05 bits per heavy atom. The van der Waals surface area contributed by atoms with Crippen LogP contribution in [0.3, 0.4) is 0 Å². The summed E-state index contributed by atoms with van der Waals surface area (Å²) in [6, 6.07) is 5.81. The SMILES string of the molecule is C#CC1CC(=O)N(c2ccc(N3CCCC3=O)c(C)c2)C1. The van der Waals surface area contributed by atoms with Crippen LogP contribution in [-0.2, 0) is 9.59 Å². The lowest BCUT2D eigenvalue weighted by molar-refractivity contribution is -0.118. The largest absolute Gasteiger partial charge is 0.312 e. The zero-order valence-electron chi connectivity index (χ0n) is 12.1. The standard InChI is InChI=1S/C17H18N2O2/c1-3-13-10-17(21)19(11-13)14-6-7-15(12(2)9-14)18-8-4-5-16(18)20/h1,6-7,9,13H,4-5,8,10-11H2,2H3. The van der Waals surface area contributed by atoms with Crippen molar-refractivity contribution in [2.45, 2.75) is 26.2 Å². The van der Waals surface area contributed by atoms with Crippen molar-refractivity contribution in [2.75, 3.05) is 22.9 Å². The summed E-state index contributed by atoms with van der Waals surface area (Å²) < 4.78 is 0. The minimum Gasteiger partial charge on any atom is -0.312 e. The quantitative estimate of drug-likeness (QED) is 0.779. The molecule has 0 N–H and O–H groups in total. The molecule has 21 heavy (non-hydrogen) atoms. The predicted molar refractivity (Wildman–Crippen MR) is 82.1 cm³/mol. The molecule has 1 aromatic rings. The third kappa shape index (κ3) is 2.40. The van der Waals surface area contributed by atoms with E-state index in [0.717, 1.165) is 29.9 Å². The van der Waals surface area contributed by atoms with Crippen LogP contribution in [0.5, 0.6) is 0 Å². The number of aryl methyl sites for hydroxylation is 1. The molecular weight excluding hydrogens is 264 g/mol. The molecule has 2 saturated heterocycles. The summed E-state index contributed by atoms with van der Waals surface area (Å²) in [6.45, 7) is 3.33. The van der Waals surface area contributed by atoms with Crippen LogP contribution in [0.1, 0.15) is 24.8 Å². The van der Waals surface area contributed by atoms with Crippen LogP contribution < -0.4 is 9.80 Å². The smallest absolute Gasteiger partial charge is 0.228 e. The predicted octanol–water partition coefficient (Wildman–Crippen LogP) is 2.11. The van der Waals surface area contributed by atoms with Gasteiger partial charge in [-0.25, -0.2) is 0 Å². The van der Waals surface area contributed by atoms with E-state index in [1.54, 1.807) is 4.90 Å². The summed E-state index contributed by atoms with van der Waals surface area (Å²) >= 11 is 0. The van der Waals surface area contributed by atoms with Gasteiger partial charge in [0.2, 0.25) is 11.8 Å². The summed E-state index contributed by atoms with van der Waals surface area (Å²) in [4.78, 5) is 27.4. The summed E-state index contributed by atoms with van der Waals surface area (Å²) in [7, 11) is 0. The maximum Gasteiger partial charge on any atom is 0.228 e. The summed E-state index contributed by atoms with van der Waals surface area (Å²) in [5.41, 5.74) is 2.83. The molecule has 0 aromatic heterocycles. The minimum absolute atomic E-state index is 0.00218. The first-order chi connectivity index (χ1) is 10.1. The third-order valence-electron chi connectivity index (χ3n) is 4.22. The molecule has 2 aliphatic rings. The van der Waals surface area contributed by atoms with Crippen LogP contribution in [0.2, 0.25) is 0 Å². The highest BCUT2D eigenvalue weighted by Gasteiger charge is 2.30. The number of hydrogen-bond acceptors (Lipinski definition) is 2. The van der Waals surface area contributed by atoms with Gasteiger partial charge in [0.15, 0.2) is 0 Å². The van der Waals surface area contributed by atoms with Gasteiger partial charge in [0, 0.05) is 43.2 Å².